The van der Waals surface area contributed by atoms with Crippen LogP contribution in [0, 0.1) is 11.3 Å². The number of anilines is 1. The Morgan fingerprint density at radius 2 is 1.68 bits per heavy atom. The fourth-order valence-electron chi connectivity index (χ4n) is 6.80. The van der Waals surface area contributed by atoms with Gasteiger partial charge in [-0.05, 0) is 59.9 Å². The first-order chi connectivity index (χ1) is 24.8. The van der Waals surface area contributed by atoms with Crippen molar-refractivity contribution in [3.63, 3.8) is 0 Å². The maximum absolute atomic E-state index is 15.3. The normalized spacial score (nSPS) is 20.5. The number of nitrogens with one attached hydrogen (secondary N) is 1. The molecule has 5 atom stereocenters. The Balaban J connectivity index is 1.91. The van der Waals surface area contributed by atoms with Gasteiger partial charge in [-0.15, -0.1) is 4.36 Å². The standard InChI is InChI=1S/C39H48Cl2N4O7S/c1-23(2)32(22-53(51,24(3)4)43-38(50)44(6)7)45-35(25-12-14-27(40)15-13-25)31(26-10-9-11-28(41)18-26)20-39(5,37(45)49)21-34(46)42-29-16-17-30(36(47)48)33(19-29)52-8/h9-19,23-24,31-32,35H,20-22H2,1-8H3,(H,42,46)(H,47,48)/t31-,32-,35-,39-,53?/m1/s1. The van der Waals surface area contributed by atoms with Crippen LogP contribution in [0.25, 0.3) is 0 Å². The van der Waals surface area contributed by atoms with Crippen LogP contribution < -0.4 is 10.1 Å². The molecule has 11 nitrogen and oxygen atoms in total. The van der Waals surface area contributed by atoms with Gasteiger partial charge < -0.3 is 25.0 Å². The zero-order chi connectivity index (χ0) is 39.4. The number of benzene rings is 3. The third-order valence-corrected chi connectivity index (χ3v) is 13.0. The number of carbonyl (C=O) groups excluding carboxylic acids is 3. The Labute approximate surface area is 322 Å². The molecule has 14 heteroatoms. The van der Waals surface area contributed by atoms with E-state index in [1.807, 2.05) is 44.2 Å². The van der Waals surface area contributed by atoms with E-state index in [9.17, 15) is 23.7 Å². The molecule has 1 heterocycles. The molecule has 4 amide bonds. The lowest BCUT2D eigenvalue weighted by Crippen LogP contribution is -2.59. The molecular formula is C39H48Cl2N4O7S. The van der Waals surface area contributed by atoms with E-state index in [-0.39, 0.29) is 41.7 Å². The number of carbonyl (C=O) groups is 4. The lowest BCUT2D eigenvalue weighted by atomic mass is 9.66. The highest BCUT2D eigenvalue weighted by Crippen LogP contribution is 2.53. The largest absolute Gasteiger partial charge is 0.496 e. The quantitative estimate of drug-likeness (QED) is 0.188. The van der Waals surface area contributed by atoms with Gasteiger partial charge in [-0.1, -0.05) is 82.1 Å². The fraction of sp³-hybridized carbons (Fsp3) is 0.436. The number of hydrogen-bond acceptors (Lipinski definition) is 6. The van der Waals surface area contributed by atoms with Gasteiger partial charge in [0.2, 0.25) is 11.8 Å². The Kier molecular flexibility index (Phi) is 13.3. The number of hydrogen-bond donors (Lipinski definition) is 2. The van der Waals surface area contributed by atoms with Crippen molar-refractivity contribution in [3.8, 4) is 5.75 Å². The van der Waals surface area contributed by atoms with Crippen molar-refractivity contribution >= 4 is 62.4 Å². The molecule has 0 radical (unpaired) electrons. The van der Waals surface area contributed by atoms with Crippen LogP contribution in [0.4, 0.5) is 10.5 Å². The Morgan fingerprint density at radius 3 is 2.23 bits per heavy atom. The van der Waals surface area contributed by atoms with Crippen LogP contribution in [0.1, 0.15) is 80.9 Å². The summed E-state index contributed by atoms with van der Waals surface area (Å²) < 4.78 is 24.2. The summed E-state index contributed by atoms with van der Waals surface area (Å²) in [5.74, 6) is -2.64. The molecule has 1 fully saturated rings. The maximum atomic E-state index is 15.3. The molecule has 1 aliphatic rings. The number of halogens is 2. The van der Waals surface area contributed by atoms with Gasteiger partial charge in [-0.2, -0.15) is 0 Å². The van der Waals surface area contributed by atoms with Gasteiger partial charge >= 0.3 is 12.0 Å². The number of amides is 4. The van der Waals surface area contributed by atoms with E-state index in [0.717, 1.165) is 11.1 Å². The maximum Gasteiger partial charge on any atom is 0.351 e. The van der Waals surface area contributed by atoms with E-state index in [1.54, 1.807) is 58.0 Å². The highest BCUT2D eigenvalue weighted by Gasteiger charge is 2.53. The average Bonchev–Trinajstić information content (AvgIpc) is 3.08. The van der Waals surface area contributed by atoms with Crippen molar-refractivity contribution in [1.29, 1.82) is 0 Å². The summed E-state index contributed by atoms with van der Waals surface area (Å²) in [5, 5.41) is 12.8. The Hall–Kier alpha value is -4.13. The van der Waals surface area contributed by atoms with Gasteiger partial charge in [-0.25, -0.2) is 13.8 Å². The highest BCUT2D eigenvalue weighted by atomic mass is 35.5. The molecule has 286 valence electrons. The second-order valence-corrected chi connectivity index (χ2v) is 18.3. The van der Waals surface area contributed by atoms with Gasteiger partial charge in [-0.3, -0.25) is 9.59 Å². The number of piperidine rings is 1. The van der Waals surface area contributed by atoms with E-state index >= 15 is 4.79 Å². The number of nitrogens with zero attached hydrogens (tertiary/aromatic N) is 3. The van der Waals surface area contributed by atoms with E-state index < -0.39 is 56.3 Å². The lowest BCUT2D eigenvalue weighted by molar-refractivity contribution is -0.157. The fourth-order valence-corrected chi connectivity index (χ4v) is 9.26. The average molecular weight is 788 g/mol. The van der Waals surface area contributed by atoms with Crippen LogP contribution in [-0.2, 0) is 19.3 Å². The Bertz CT molecular complexity index is 1980. The third kappa shape index (κ3) is 9.52. The van der Waals surface area contributed by atoms with Gasteiger partial charge in [0.15, 0.2) is 0 Å². The molecule has 0 aliphatic carbocycles. The first kappa shape index (κ1) is 41.6. The van der Waals surface area contributed by atoms with Gasteiger partial charge in [0.1, 0.15) is 11.3 Å². The van der Waals surface area contributed by atoms with Crippen molar-refractivity contribution < 1.29 is 33.2 Å². The zero-order valence-corrected chi connectivity index (χ0v) is 33.6. The van der Waals surface area contributed by atoms with Crippen molar-refractivity contribution in [1.82, 2.24) is 9.80 Å². The predicted molar refractivity (Wildman–Crippen MR) is 209 cm³/mol. The molecule has 3 aromatic carbocycles. The first-order valence-electron chi connectivity index (χ1n) is 17.3. The highest BCUT2D eigenvalue weighted by molar-refractivity contribution is 7.94. The molecule has 3 aromatic rings. The van der Waals surface area contributed by atoms with E-state index in [4.69, 9.17) is 27.9 Å². The molecule has 4 rings (SSSR count). The number of likely N-dealkylation sites (tertiary alicyclic amines) is 1. The number of rotatable bonds is 12. The molecule has 1 aliphatic heterocycles. The number of methoxy groups -OCH3 is 1. The molecule has 1 saturated heterocycles. The molecule has 2 N–H and O–H groups in total. The van der Waals surface area contributed by atoms with Gasteiger partial charge in [0, 0.05) is 59.5 Å². The number of urea groups is 1. The zero-order valence-electron chi connectivity index (χ0n) is 31.3. The summed E-state index contributed by atoms with van der Waals surface area (Å²) in [5.41, 5.74) is 0.579. The van der Waals surface area contributed by atoms with Crippen LogP contribution in [0.2, 0.25) is 10.0 Å². The van der Waals surface area contributed by atoms with Crippen molar-refractivity contribution in [2.24, 2.45) is 15.7 Å². The minimum absolute atomic E-state index is 0.0649. The van der Waals surface area contributed by atoms with Crippen LogP contribution in [0.5, 0.6) is 5.75 Å². The Morgan fingerprint density at radius 1 is 1.02 bits per heavy atom. The number of ether oxygens (including phenoxy) is 1. The molecule has 1 unspecified atom stereocenters. The van der Waals surface area contributed by atoms with Crippen LogP contribution in [0.3, 0.4) is 0 Å². The summed E-state index contributed by atoms with van der Waals surface area (Å²) in [6.07, 6.45) is 0.0160. The predicted octanol–water partition coefficient (Wildman–Crippen LogP) is 8.38. The number of carboxylic acids is 1. The monoisotopic (exact) mass is 786 g/mol. The summed E-state index contributed by atoms with van der Waals surface area (Å²) in [6, 6.07) is 16.9. The van der Waals surface area contributed by atoms with Crippen molar-refractivity contribution in [2.75, 3.05) is 32.3 Å². The topological polar surface area (TPSA) is 146 Å². The second-order valence-electron chi connectivity index (χ2n) is 14.6. The molecule has 0 spiro atoms. The minimum atomic E-state index is -3.22. The van der Waals surface area contributed by atoms with Gasteiger partial charge in [0.25, 0.3) is 0 Å². The summed E-state index contributed by atoms with van der Waals surface area (Å²) in [4.78, 5) is 56.7. The molecule has 0 aromatic heterocycles. The van der Waals surface area contributed by atoms with E-state index in [1.165, 1.54) is 30.2 Å². The van der Waals surface area contributed by atoms with Crippen LogP contribution >= 0.6 is 23.2 Å². The van der Waals surface area contributed by atoms with Crippen LogP contribution in [0.15, 0.2) is 71.1 Å². The van der Waals surface area contributed by atoms with E-state index in [0.29, 0.717) is 15.7 Å². The molecular weight excluding hydrogens is 739 g/mol. The molecule has 53 heavy (non-hydrogen) atoms. The minimum Gasteiger partial charge on any atom is -0.496 e. The summed E-state index contributed by atoms with van der Waals surface area (Å²) in [6.45, 7) is 9.13. The van der Waals surface area contributed by atoms with Crippen LogP contribution in [-0.4, -0.2) is 81.2 Å². The smallest absolute Gasteiger partial charge is 0.351 e. The summed E-state index contributed by atoms with van der Waals surface area (Å²) in [7, 11) is 1.20. The van der Waals surface area contributed by atoms with Gasteiger partial charge in [0.05, 0.1) is 34.0 Å². The van der Waals surface area contributed by atoms with E-state index in [2.05, 4.69) is 9.68 Å². The molecule has 0 bridgehead atoms. The van der Waals surface area contributed by atoms with Crippen molar-refractivity contribution in [2.45, 2.75) is 70.7 Å². The summed E-state index contributed by atoms with van der Waals surface area (Å²) >= 11 is 12.9. The molecule has 0 saturated carbocycles. The number of carboxylic acid groups (broad SMARTS) is 1. The SMILES string of the molecule is COc1cc(NC(=O)C[C@@]2(C)C[C@H](c3cccc(Cl)c3)[C@@H](c3ccc(Cl)cc3)N([C@H](CS(=O)(=NC(=O)N(C)C)C(C)C)C(C)C)C2=O)ccc1C(=O)O. The van der Waals surface area contributed by atoms with Crippen molar-refractivity contribution in [3.05, 3.63) is 93.5 Å². The second kappa shape index (κ2) is 16.9. The third-order valence-electron chi connectivity index (χ3n) is 9.75. The first-order valence-corrected chi connectivity index (χ1v) is 19.8. The lowest BCUT2D eigenvalue weighted by Gasteiger charge is -2.53. The number of aromatic carboxylic acids is 1.